The largest absolute Gasteiger partial charge is 0.454 e. The molecule has 16 aliphatic carbocycles. The van der Waals surface area contributed by atoms with Crippen LogP contribution in [0.5, 0.6) is 0 Å². The Labute approximate surface area is 871 Å². The van der Waals surface area contributed by atoms with Gasteiger partial charge in [0.05, 0.1) is 35.3 Å². The Bertz CT molecular complexity index is 4980. The Balaban J connectivity index is 0.000000129. The third kappa shape index (κ3) is 19.9. The van der Waals surface area contributed by atoms with E-state index in [4.69, 9.17) is 24.1 Å². The summed E-state index contributed by atoms with van der Waals surface area (Å²) in [5.74, 6) is 10.2. The summed E-state index contributed by atoms with van der Waals surface area (Å²) in [4.78, 5) is 47.0. The standard InChI is InChI=1S/C31H52.C29H50O.C15H22O3.3C15H20O3.C10H12O/c1-9-24(21(2)3)11-10-23(5)26-14-15-27-28-13-12-25-20-22(4)16-17-30(25,7)31(28,8)19-18-29(26,27)6;1-7-21(19(2)3)9-8-20(4)25-12-13-26-24-11-10-22-18-23(30)14-16-28(22,5)27(24)15-17-29(25,26)6;4*1-9-5-4-6-14(3)7-8-15(17)10(2)13(16)18-12(15)11(9)14;1-2-3-9-4-6-10(8-11)7-5-9/h10-12,21-24,26-28H,9,13-20H2,1-8H3;10,19-21,23-27,30H,7-9,11-18H2,1-6H3;10,12,17H,4-8H2,1-3H3;3*12,17H,2,4-8H2,1,3H3;2,4-7,11H,1,3,8H2/b11-10+;;;;;;/t22-,23+,24?,26+,27-,28-,29+,30-,31-;20?,21-,23+,24+,25?,26?,27?,28+,29-;10-,12+,14-,15+;12-,14+,15?;12-,14+,15+;12-,14+,15-;/m011000./s1. The van der Waals surface area contributed by atoms with Gasteiger partial charge in [-0.05, 0) is 450 Å². The van der Waals surface area contributed by atoms with Gasteiger partial charge in [-0.15, -0.1) is 6.58 Å². The quantitative estimate of drug-likeness (QED) is 0.0441. The van der Waals surface area contributed by atoms with E-state index in [2.05, 4.69) is 203 Å². The van der Waals surface area contributed by atoms with Crippen LogP contribution in [-0.4, -0.2) is 107 Å². The van der Waals surface area contributed by atoms with E-state index < -0.39 is 64.5 Å². The molecule has 6 unspecified atom stereocenters. The molecule has 10 saturated carbocycles. The number of allylic oxidation sites excluding steroid dienone is 10. The molecular formula is C130H196O14. The van der Waals surface area contributed by atoms with Gasteiger partial charge in [0.15, 0.2) is 24.4 Å². The molecule has 0 bridgehead atoms. The van der Waals surface area contributed by atoms with E-state index in [9.17, 15) is 44.7 Å². The van der Waals surface area contributed by atoms with Crippen LogP contribution in [0.1, 0.15) is 427 Å². The molecule has 20 aliphatic rings. The third-order valence-corrected chi connectivity index (χ3v) is 45.7. The number of ether oxygens (including phenoxy) is 4. The second-order valence-corrected chi connectivity index (χ2v) is 54.4. The number of aliphatic hydroxyl groups is 6. The van der Waals surface area contributed by atoms with Gasteiger partial charge in [-0.1, -0.05) is 245 Å². The first-order chi connectivity index (χ1) is 67.7. The van der Waals surface area contributed by atoms with Gasteiger partial charge in [-0.25, -0.2) is 14.4 Å². The van der Waals surface area contributed by atoms with E-state index in [1.807, 2.05) is 35.9 Å². The highest BCUT2D eigenvalue weighted by atomic mass is 16.6. The van der Waals surface area contributed by atoms with Crippen molar-refractivity contribution in [3.05, 3.63) is 165 Å². The summed E-state index contributed by atoms with van der Waals surface area (Å²) in [6, 6.07) is 7.87. The molecule has 4 saturated heterocycles. The lowest BCUT2D eigenvalue weighted by Crippen LogP contribution is -2.56. The summed E-state index contributed by atoms with van der Waals surface area (Å²) in [5.41, 5.74) is 14.7. The molecule has 21 rings (SSSR count). The van der Waals surface area contributed by atoms with Crippen LogP contribution in [0.25, 0.3) is 0 Å². The first-order valence-electron chi connectivity index (χ1n) is 58.3. The van der Waals surface area contributed by atoms with Gasteiger partial charge in [0.1, 0.15) is 22.4 Å². The van der Waals surface area contributed by atoms with E-state index in [1.165, 1.54) is 175 Å². The minimum absolute atomic E-state index is 0.0794. The molecule has 0 spiro atoms. The van der Waals surface area contributed by atoms with Crippen LogP contribution < -0.4 is 0 Å². The Hall–Kier alpha value is -6.00. The van der Waals surface area contributed by atoms with Gasteiger partial charge >= 0.3 is 23.9 Å². The van der Waals surface area contributed by atoms with Crippen LogP contribution in [0.3, 0.4) is 0 Å². The van der Waals surface area contributed by atoms with Crippen molar-refractivity contribution in [1.82, 2.24) is 0 Å². The maximum atomic E-state index is 11.8. The van der Waals surface area contributed by atoms with Crippen LogP contribution in [0.2, 0.25) is 0 Å². The second-order valence-electron chi connectivity index (χ2n) is 54.4. The zero-order valence-corrected chi connectivity index (χ0v) is 94.2. The molecular weight excluding hydrogens is 1790 g/mol. The van der Waals surface area contributed by atoms with Crippen LogP contribution in [-0.2, 0) is 51.2 Å². The minimum Gasteiger partial charge on any atom is -0.454 e. The van der Waals surface area contributed by atoms with Crippen molar-refractivity contribution in [3.63, 3.8) is 0 Å². The topological polar surface area (TPSA) is 227 Å². The van der Waals surface area contributed by atoms with Crippen molar-refractivity contribution >= 4 is 23.9 Å². The van der Waals surface area contributed by atoms with Gasteiger partial charge in [0, 0.05) is 0 Å². The maximum Gasteiger partial charge on any atom is 0.337 e. The van der Waals surface area contributed by atoms with E-state index >= 15 is 0 Å². The molecule has 0 radical (unpaired) electrons. The lowest BCUT2D eigenvalue weighted by molar-refractivity contribution is -0.144. The monoisotopic (exact) mass is 1980 g/mol. The normalized spacial score (nSPS) is 42.6. The zero-order valence-electron chi connectivity index (χ0n) is 94.2. The Morgan fingerprint density at radius 1 is 0.451 bits per heavy atom. The summed E-state index contributed by atoms with van der Waals surface area (Å²) in [6.45, 7) is 69.5. The molecule has 31 atom stereocenters. The molecule has 1 aromatic rings. The molecule has 14 heteroatoms. The first kappa shape index (κ1) is 112. The summed E-state index contributed by atoms with van der Waals surface area (Å²) in [5, 5.41) is 62.1. The average molecular weight is 1980 g/mol. The van der Waals surface area contributed by atoms with Crippen molar-refractivity contribution in [2.24, 2.45) is 138 Å². The lowest BCUT2D eigenvalue weighted by atomic mass is 9.40. The van der Waals surface area contributed by atoms with Crippen molar-refractivity contribution in [3.8, 4) is 0 Å². The predicted molar refractivity (Wildman–Crippen MR) is 582 cm³/mol. The number of fused-ring (bicyclic) bond motifs is 22. The molecule has 4 heterocycles. The van der Waals surface area contributed by atoms with Crippen molar-refractivity contribution in [2.45, 2.75) is 482 Å². The van der Waals surface area contributed by atoms with E-state index in [0.717, 1.165) is 201 Å². The zero-order chi connectivity index (χ0) is 105. The van der Waals surface area contributed by atoms with Crippen molar-refractivity contribution in [2.75, 3.05) is 0 Å². The van der Waals surface area contributed by atoms with Gasteiger partial charge in [-0.3, -0.25) is 4.79 Å². The van der Waals surface area contributed by atoms with E-state index in [-0.39, 0.29) is 63.2 Å². The van der Waals surface area contributed by atoms with Gasteiger partial charge < -0.3 is 49.6 Å². The molecule has 4 aliphatic heterocycles. The molecule has 6 N–H and O–H groups in total. The first-order valence-corrected chi connectivity index (χ1v) is 58.3. The number of carbonyl (C=O) groups excluding carboxylic acids is 4. The number of esters is 4. The van der Waals surface area contributed by atoms with Crippen LogP contribution >= 0.6 is 0 Å². The number of hydrogen-bond acceptors (Lipinski definition) is 14. The second kappa shape index (κ2) is 42.6. The fourth-order valence-corrected chi connectivity index (χ4v) is 35.8. The smallest absolute Gasteiger partial charge is 0.337 e. The molecule has 14 fully saturated rings. The molecule has 0 amide bonds. The summed E-state index contributed by atoms with van der Waals surface area (Å²) in [7, 11) is 0. The van der Waals surface area contributed by atoms with Gasteiger partial charge in [0.25, 0.3) is 0 Å². The Kier molecular flexibility index (Phi) is 33.1. The maximum absolute atomic E-state index is 11.8. The molecule has 800 valence electrons. The Morgan fingerprint density at radius 3 is 1.39 bits per heavy atom. The van der Waals surface area contributed by atoms with Crippen molar-refractivity contribution < 1.29 is 68.8 Å². The van der Waals surface area contributed by atoms with E-state index in [0.29, 0.717) is 52.8 Å². The highest BCUT2D eigenvalue weighted by Gasteiger charge is 2.69. The van der Waals surface area contributed by atoms with Crippen LogP contribution in [0, 0.1) is 138 Å². The SMILES string of the molecule is C=C1C(=O)O[C@H]2C3=C(C)CCC[C@]3(C)CCC12O.C=C1C(=O)O[C@H]2C3=C(C)CCC[C@]3(C)CC[C@@]12O.C=C1C(=O)O[C@H]2C3=C(C)CCC[C@]3(C)CC[C@]12O.C=CCc1ccc(CO)cc1.CC1=C2[C@@H]3OC(=O)[C@@H](C)[C@@]3(O)CC[C@@]2(C)CCC1.CCC(/C=C/[C@@H](C)[C@H]1CC[C@H]2[C@@H]3CC=C4C[C@@H](C)CC[C@]4(C)[C@@]3(C)CC[C@]12C)C(C)C.CC[C@H](CCC(C)C1CCC2[C@@H]3CC=C4C[C@@H](O)CC[C@]4(C)C3CC[C@]12C)C(C)C. The highest BCUT2D eigenvalue weighted by Crippen LogP contribution is 2.74. The van der Waals surface area contributed by atoms with Crippen LogP contribution in [0.4, 0.5) is 0 Å². The number of aliphatic hydroxyl groups excluding tert-OH is 2. The highest BCUT2D eigenvalue weighted by molar-refractivity contribution is 5.95. The van der Waals surface area contributed by atoms with E-state index in [1.54, 1.807) is 12.5 Å². The van der Waals surface area contributed by atoms with Gasteiger partial charge in [0.2, 0.25) is 0 Å². The number of benzene rings is 1. The van der Waals surface area contributed by atoms with Crippen LogP contribution in [0.15, 0.2) is 153 Å². The molecule has 0 aromatic heterocycles. The van der Waals surface area contributed by atoms with Crippen molar-refractivity contribution in [1.29, 1.82) is 0 Å². The van der Waals surface area contributed by atoms with Gasteiger partial charge in [-0.2, -0.15) is 0 Å². The fourth-order valence-electron chi connectivity index (χ4n) is 35.8. The third-order valence-electron chi connectivity index (χ3n) is 45.7. The number of rotatable bonds is 14. The predicted octanol–water partition coefficient (Wildman–Crippen LogP) is 29.5. The average Bonchev–Trinajstić information content (AvgIpc) is 1.09. The number of carbonyl (C=O) groups is 4. The summed E-state index contributed by atoms with van der Waals surface area (Å²) in [6.07, 6.45) is 58.3. The summed E-state index contributed by atoms with van der Waals surface area (Å²) < 4.78 is 21.9. The Morgan fingerprint density at radius 2 is 0.917 bits per heavy atom. The molecule has 1 aromatic carbocycles. The molecule has 144 heavy (non-hydrogen) atoms. The fraction of sp³-hybridized carbons (Fsp3) is 0.754. The lowest BCUT2D eigenvalue weighted by Gasteiger charge is -2.64. The molecule has 14 nitrogen and oxygen atoms in total. The summed E-state index contributed by atoms with van der Waals surface area (Å²) >= 11 is 0. The minimum atomic E-state index is -1.16. The number of hydrogen-bond donors (Lipinski definition) is 6.